The average molecular weight is 271 g/mol. The summed E-state index contributed by atoms with van der Waals surface area (Å²) in [6, 6.07) is 7.73. The maximum atomic E-state index is 12.0. The van der Waals surface area contributed by atoms with E-state index < -0.39 is 12.6 Å². The van der Waals surface area contributed by atoms with Crippen LogP contribution in [0.1, 0.15) is 37.2 Å². The number of carbonyl (C=O) groups excluding carboxylic acids is 1. The lowest BCUT2D eigenvalue weighted by atomic mass is 9.94. The van der Waals surface area contributed by atoms with Crippen LogP contribution in [0.5, 0.6) is 0 Å². The van der Waals surface area contributed by atoms with Crippen molar-refractivity contribution in [2.45, 2.75) is 37.8 Å². The van der Waals surface area contributed by atoms with Crippen LogP contribution in [-0.4, -0.2) is 18.5 Å². The molecule has 1 unspecified atom stereocenters. The van der Waals surface area contributed by atoms with Gasteiger partial charge in [0.2, 0.25) is 0 Å². The number of anilines is 1. The molecular formula is C14H16F3NO. The van der Waals surface area contributed by atoms with Crippen molar-refractivity contribution in [2.24, 2.45) is 0 Å². The molecule has 104 valence electrons. The van der Waals surface area contributed by atoms with Crippen LogP contribution in [0.25, 0.3) is 0 Å². The molecule has 1 aromatic carbocycles. The predicted octanol–water partition coefficient (Wildman–Crippen LogP) is 3.89. The number of rotatable bonds is 5. The molecule has 2 nitrogen and oxygen atoms in total. The van der Waals surface area contributed by atoms with Crippen molar-refractivity contribution in [1.29, 1.82) is 0 Å². The van der Waals surface area contributed by atoms with Crippen molar-refractivity contribution in [3.8, 4) is 0 Å². The van der Waals surface area contributed by atoms with Crippen molar-refractivity contribution in [1.82, 2.24) is 0 Å². The molecule has 0 saturated carbocycles. The molecule has 0 saturated heterocycles. The number of hydrogen-bond acceptors (Lipinski definition) is 2. The highest BCUT2D eigenvalue weighted by molar-refractivity contribution is 5.80. The molecule has 5 heteroatoms. The van der Waals surface area contributed by atoms with Crippen LogP contribution in [-0.2, 0) is 4.79 Å². The molecule has 1 atom stereocenters. The van der Waals surface area contributed by atoms with Crippen LogP contribution in [0.4, 0.5) is 18.9 Å². The molecule has 1 N–H and O–H groups in total. The number of para-hydroxylation sites is 1. The van der Waals surface area contributed by atoms with E-state index in [0.29, 0.717) is 13.0 Å². The Balaban J connectivity index is 1.81. The van der Waals surface area contributed by atoms with Crippen molar-refractivity contribution >= 4 is 11.5 Å². The zero-order valence-corrected chi connectivity index (χ0v) is 10.5. The third kappa shape index (κ3) is 3.98. The largest absolute Gasteiger partial charge is 0.389 e. The number of hydrogen-bond donors (Lipinski definition) is 1. The van der Waals surface area contributed by atoms with Crippen molar-refractivity contribution in [3.05, 3.63) is 29.8 Å². The van der Waals surface area contributed by atoms with Gasteiger partial charge in [0.15, 0.2) is 0 Å². The van der Waals surface area contributed by atoms with Crippen LogP contribution in [0.15, 0.2) is 24.3 Å². The first-order valence-electron chi connectivity index (χ1n) is 6.37. The van der Waals surface area contributed by atoms with Gasteiger partial charge in [0.05, 0.1) is 0 Å². The van der Waals surface area contributed by atoms with E-state index in [1.165, 1.54) is 0 Å². The second-order valence-corrected chi connectivity index (χ2v) is 4.88. The lowest BCUT2D eigenvalue weighted by Crippen LogP contribution is -2.11. The first-order valence-corrected chi connectivity index (χ1v) is 6.37. The highest BCUT2D eigenvalue weighted by atomic mass is 19.4. The molecule has 0 aliphatic carbocycles. The smallest absolute Gasteiger partial charge is 0.384 e. The van der Waals surface area contributed by atoms with Gasteiger partial charge < -0.3 is 5.32 Å². The lowest BCUT2D eigenvalue weighted by Gasteiger charge is -2.09. The summed E-state index contributed by atoms with van der Waals surface area (Å²) in [6.07, 6.45) is -4.82. The summed E-state index contributed by atoms with van der Waals surface area (Å²) in [5.74, 6) is 0.00217. The Bertz CT molecular complexity index is 456. The van der Waals surface area contributed by atoms with Crippen LogP contribution in [0, 0.1) is 0 Å². The van der Waals surface area contributed by atoms with Crippen molar-refractivity contribution in [3.63, 3.8) is 0 Å². The highest BCUT2D eigenvalue weighted by Crippen LogP contribution is 2.33. The Kier molecular flexibility index (Phi) is 4.12. The molecule has 2 rings (SSSR count). The summed E-state index contributed by atoms with van der Waals surface area (Å²) in [5.41, 5.74) is 2.11. The monoisotopic (exact) mass is 271 g/mol. The minimum absolute atomic E-state index is 0.0121. The lowest BCUT2D eigenvalue weighted by molar-refractivity contribution is -0.137. The number of Topliss-reactive ketones (excluding diaryl/α,β-unsaturated/α-hetero) is 1. The predicted molar refractivity (Wildman–Crippen MR) is 67.2 cm³/mol. The van der Waals surface area contributed by atoms with E-state index in [9.17, 15) is 18.0 Å². The van der Waals surface area contributed by atoms with E-state index in [1.807, 2.05) is 24.3 Å². The fourth-order valence-corrected chi connectivity index (χ4v) is 2.40. The maximum absolute atomic E-state index is 12.0. The van der Waals surface area contributed by atoms with Crippen molar-refractivity contribution < 1.29 is 18.0 Å². The number of nitrogens with one attached hydrogen (secondary N) is 1. The minimum atomic E-state index is -4.16. The molecular weight excluding hydrogens is 255 g/mol. The average Bonchev–Trinajstić information content (AvgIpc) is 2.71. The van der Waals surface area contributed by atoms with Crippen LogP contribution in [0.2, 0.25) is 0 Å². The van der Waals surface area contributed by atoms with E-state index in [0.717, 1.165) is 11.3 Å². The molecule has 1 aliphatic heterocycles. The maximum Gasteiger partial charge on any atom is 0.389 e. The SMILES string of the molecule is O=C(CCCC(F)(F)F)CC1CNc2ccccc21. The summed E-state index contributed by atoms with van der Waals surface area (Å²) in [6.45, 7) is 0.685. The third-order valence-corrected chi connectivity index (χ3v) is 3.33. The van der Waals surface area contributed by atoms with Gasteiger partial charge in [-0.05, 0) is 18.1 Å². The summed E-state index contributed by atoms with van der Waals surface area (Å²) in [4.78, 5) is 11.7. The van der Waals surface area contributed by atoms with Crippen LogP contribution in [0.3, 0.4) is 0 Å². The summed E-state index contributed by atoms with van der Waals surface area (Å²) in [7, 11) is 0. The van der Waals surface area contributed by atoms with Gasteiger partial charge in [-0.15, -0.1) is 0 Å². The molecule has 1 aliphatic rings. The van der Waals surface area contributed by atoms with Gasteiger partial charge in [-0.3, -0.25) is 4.79 Å². The van der Waals surface area contributed by atoms with E-state index in [2.05, 4.69) is 5.32 Å². The zero-order chi connectivity index (χ0) is 13.9. The Labute approximate surface area is 110 Å². The van der Waals surface area contributed by atoms with Crippen LogP contribution < -0.4 is 5.32 Å². The molecule has 1 heterocycles. The summed E-state index contributed by atoms with van der Waals surface area (Å²) < 4.78 is 36.0. The third-order valence-electron chi connectivity index (χ3n) is 3.33. The van der Waals surface area contributed by atoms with E-state index >= 15 is 0 Å². The number of fused-ring (bicyclic) bond motifs is 1. The molecule has 1 aromatic rings. The van der Waals surface area contributed by atoms with Gasteiger partial charge in [-0.2, -0.15) is 13.2 Å². The first-order chi connectivity index (χ1) is 8.96. The first kappa shape index (κ1) is 13.9. The topological polar surface area (TPSA) is 29.1 Å². The molecule has 0 fully saturated rings. The Morgan fingerprint density at radius 2 is 2.05 bits per heavy atom. The van der Waals surface area contributed by atoms with E-state index in [1.54, 1.807) is 0 Å². The molecule has 0 spiro atoms. The number of ketones is 1. The van der Waals surface area contributed by atoms with Gasteiger partial charge in [-0.25, -0.2) is 0 Å². The number of halogens is 3. The molecule has 19 heavy (non-hydrogen) atoms. The second-order valence-electron chi connectivity index (χ2n) is 4.88. The Morgan fingerprint density at radius 3 is 2.79 bits per heavy atom. The molecule has 0 aromatic heterocycles. The van der Waals surface area contributed by atoms with Gasteiger partial charge >= 0.3 is 6.18 Å². The zero-order valence-electron chi connectivity index (χ0n) is 10.5. The van der Waals surface area contributed by atoms with Crippen LogP contribution >= 0.6 is 0 Å². The molecule has 0 amide bonds. The highest BCUT2D eigenvalue weighted by Gasteiger charge is 2.27. The Morgan fingerprint density at radius 1 is 1.32 bits per heavy atom. The van der Waals surface area contributed by atoms with Crippen molar-refractivity contribution in [2.75, 3.05) is 11.9 Å². The van der Waals surface area contributed by atoms with Gasteiger partial charge in [0, 0.05) is 37.4 Å². The van der Waals surface area contributed by atoms with E-state index in [-0.39, 0.29) is 24.5 Å². The number of benzene rings is 1. The fraction of sp³-hybridized carbons (Fsp3) is 0.500. The summed E-state index contributed by atoms with van der Waals surface area (Å²) in [5, 5.41) is 3.20. The number of alkyl halides is 3. The molecule has 0 bridgehead atoms. The standard InChI is InChI=1S/C14H16F3NO/c15-14(16,17)7-3-4-11(19)8-10-9-18-13-6-2-1-5-12(10)13/h1-2,5-6,10,18H,3-4,7-9H2. The second kappa shape index (κ2) is 5.63. The fourth-order valence-electron chi connectivity index (χ4n) is 2.40. The molecule has 0 radical (unpaired) electrons. The normalized spacial score (nSPS) is 17.9. The Hall–Kier alpha value is -1.52. The summed E-state index contributed by atoms with van der Waals surface area (Å²) >= 11 is 0. The van der Waals surface area contributed by atoms with Gasteiger partial charge in [-0.1, -0.05) is 18.2 Å². The van der Waals surface area contributed by atoms with E-state index in [4.69, 9.17) is 0 Å². The minimum Gasteiger partial charge on any atom is -0.384 e. The quantitative estimate of drug-likeness (QED) is 0.880. The van der Waals surface area contributed by atoms with Gasteiger partial charge in [0.25, 0.3) is 0 Å². The van der Waals surface area contributed by atoms with Gasteiger partial charge in [0.1, 0.15) is 5.78 Å². The number of carbonyl (C=O) groups is 1.